The topological polar surface area (TPSA) is 199 Å². The van der Waals surface area contributed by atoms with Gasteiger partial charge in [0.2, 0.25) is 0 Å². The molecule has 2 amide bonds. The van der Waals surface area contributed by atoms with Crippen LogP contribution in [0, 0.1) is 23.7 Å². The SMILES string of the molecule is CCCCCCC#Cc1ccc2c(c1)/C(=C/c1[nH]c3c(c1CCC(=O)O)C(=O)CCC3)C(=O)N2.CCCCCCC#Cc1ccc2c(c1)C(=Cc1[nH]c3c(c1CCC(=O)O)C(=O)CCC3)C(=O)N2. The average molecular weight is 917 g/mol. The third-order valence-corrected chi connectivity index (χ3v) is 12.8. The van der Waals surface area contributed by atoms with Crippen molar-refractivity contribution in [1.82, 2.24) is 9.97 Å². The predicted molar refractivity (Wildman–Crippen MR) is 265 cm³/mol. The zero-order valence-corrected chi connectivity index (χ0v) is 39.1. The number of Topliss-reactive ketones (excluding diaryl/α,β-unsaturated/α-hetero) is 2. The van der Waals surface area contributed by atoms with E-state index in [0.29, 0.717) is 57.6 Å². The van der Waals surface area contributed by atoms with E-state index >= 15 is 0 Å². The molecule has 2 aromatic heterocycles. The number of ketones is 2. The molecular formula is C56H60N4O8. The van der Waals surface area contributed by atoms with Crippen molar-refractivity contribution in [2.45, 2.75) is 142 Å². The van der Waals surface area contributed by atoms with Crippen LogP contribution in [-0.2, 0) is 44.9 Å². The van der Waals surface area contributed by atoms with Gasteiger partial charge in [-0.15, -0.1) is 0 Å². The van der Waals surface area contributed by atoms with E-state index in [-0.39, 0.29) is 49.1 Å². The molecule has 0 radical (unpaired) electrons. The van der Waals surface area contributed by atoms with Crippen molar-refractivity contribution in [3.63, 3.8) is 0 Å². The van der Waals surface area contributed by atoms with E-state index < -0.39 is 11.9 Å². The number of aryl methyl sites for hydroxylation is 2. The number of aliphatic carboxylic acids is 2. The maximum Gasteiger partial charge on any atom is 0.303 e. The molecule has 6 N–H and O–H groups in total. The number of carboxylic acids is 2. The molecule has 0 fully saturated rings. The van der Waals surface area contributed by atoms with E-state index in [1.165, 1.54) is 38.5 Å². The average Bonchev–Trinajstić information content (AvgIpc) is 4.05. The molecule has 0 unspecified atom stereocenters. The van der Waals surface area contributed by atoms with Gasteiger partial charge < -0.3 is 30.8 Å². The van der Waals surface area contributed by atoms with Gasteiger partial charge in [-0.1, -0.05) is 76.1 Å². The first kappa shape index (κ1) is 48.7. The maximum atomic E-state index is 12.8. The summed E-state index contributed by atoms with van der Waals surface area (Å²) in [6, 6.07) is 11.4. The minimum absolute atomic E-state index is 0.0373. The number of carbonyl (C=O) groups is 6. The third kappa shape index (κ3) is 11.8. The molecule has 8 rings (SSSR count). The second-order valence-corrected chi connectivity index (χ2v) is 17.9. The molecule has 0 atom stereocenters. The van der Waals surface area contributed by atoms with Crippen molar-refractivity contribution in [2.75, 3.05) is 10.6 Å². The number of fused-ring (bicyclic) bond motifs is 4. The van der Waals surface area contributed by atoms with Gasteiger partial charge in [-0.3, -0.25) is 28.8 Å². The van der Waals surface area contributed by atoms with Gasteiger partial charge in [-0.25, -0.2) is 0 Å². The van der Waals surface area contributed by atoms with Gasteiger partial charge in [0, 0.05) is 106 Å². The number of aromatic amines is 2. The summed E-state index contributed by atoms with van der Waals surface area (Å²) in [4.78, 5) is 79.9. The lowest BCUT2D eigenvalue weighted by molar-refractivity contribution is -0.138. The molecule has 0 saturated heterocycles. The second-order valence-electron chi connectivity index (χ2n) is 17.9. The molecule has 0 spiro atoms. The third-order valence-electron chi connectivity index (χ3n) is 12.8. The number of rotatable bonds is 16. The lowest BCUT2D eigenvalue weighted by Gasteiger charge is -2.11. The maximum absolute atomic E-state index is 12.8. The zero-order chi connectivity index (χ0) is 48.2. The van der Waals surface area contributed by atoms with Gasteiger partial charge in [0.25, 0.3) is 11.8 Å². The highest BCUT2D eigenvalue weighted by Gasteiger charge is 2.31. The molecule has 2 aliphatic heterocycles. The van der Waals surface area contributed by atoms with Gasteiger partial charge in [-0.05, 0) is 111 Å². The summed E-state index contributed by atoms with van der Waals surface area (Å²) in [5.41, 5.74) is 11.2. The summed E-state index contributed by atoms with van der Waals surface area (Å²) < 4.78 is 0. The molecule has 12 heteroatoms. The highest BCUT2D eigenvalue weighted by molar-refractivity contribution is 6.35. The summed E-state index contributed by atoms with van der Waals surface area (Å²) in [6.07, 6.45) is 18.9. The Balaban J connectivity index is 0.000000201. The summed E-state index contributed by atoms with van der Waals surface area (Å²) in [5.74, 6) is 10.7. The predicted octanol–water partition coefficient (Wildman–Crippen LogP) is 10.7. The first-order valence-electron chi connectivity index (χ1n) is 24.3. The van der Waals surface area contributed by atoms with E-state index in [2.05, 4.69) is 58.1 Å². The van der Waals surface area contributed by atoms with E-state index in [4.69, 9.17) is 0 Å². The van der Waals surface area contributed by atoms with E-state index in [1.807, 2.05) is 36.4 Å². The number of aromatic nitrogens is 2. The smallest absolute Gasteiger partial charge is 0.303 e. The molecule has 0 saturated carbocycles. The quantitative estimate of drug-likeness (QED) is 0.0362. The highest BCUT2D eigenvalue weighted by Crippen LogP contribution is 2.38. The Labute approximate surface area is 397 Å². The number of anilines is 2. The van der Waals surface area contributed by atoms with Crippen molar-refractivity contribution in [3.05, 3.63) is 104 Å². The Hall–Kier alpha value is -7.18. The Morgan fingerprint density at radius 2 is 1.01 bits per heavy atom. The molecule has 4 aromatic rings. The monoisotopic (exact) mass is 916 g/mol. The normalized spacial score (nSPS) is 15.5. The summed E-state index contributed by atoms with van der Waals surface area (Å²) in [5, 5.41) is 24.2. The number of carbonyl (C=O) groups excluding carboxylic acids is 4. The van der Waals surface area contributed by atoms with Crippen LogP contribution >= 0.6 is 0 Å². The van der Waals surface area contributed by atoms with Crippen LogP contribution in [-0.4, -0.2) is 55.5 Å². The van der Waals surface area contributed by atoms with Crippen LogP contribution in [0.3, 0.4) is 0 Å². The van der Waals surface area contributed by atoms with Gasteiger partial charge in [0.1, 0.15) is 0 Å². The lowest BCUT2D eigenvalue weighted by atomic mass is 9.91. The van der Waals surface area contributed by atoms with Crippen LogP contribution < -0.4 is 10.6 Å². The van der Waals surface area contributed by atoms with Crippen molar-refractivity contribution in [1.29, 1.82) is 0 Å². The number of H-pyrrole nitrogens is 2. The number of unbranched alkanes of at least 4 members (excludes halogenated alkanes) is 8. The molecule has 4 aliphatic rings. The van der Waals surface area contributed by atoms with Gasteiger partial charge in [0.15, 0.2) is 11.6 Å². The first-order chi connectivity index (χ1) is 32.9. The largest absolute Gasteiger partial charge is 0.481 e. The fourth-order valence-corrected chi connectivity index (χ4v) is 9.33. The Morgan fingerprint density at radius 3 is 1.41 bits per heavy atom. The minimum atomic E-state index is -0.918. The van der Waals surface area contributed by atoms with Crippen LogP contribution in [0.4, 0.5) is 11.4 Å². The number of hydrogen-bond acceptors (Lipinski definition) is 6. The van der Waals surface area contributed by atoms with Crippen LogP contribution in [0.5, 0.6) is 0 Å². The fraction of sp³-hybridized carbons (Fsp3) is 0.393. The second kappa shape index (κ2) is 23.0. The number of amides is 2. The van der Waals surface area contributed by atoms with Crippen molar-refractivity contribution in [2.24, 2.45) is 0 Å². The first-order valence-corrected chi connectivity index (χ1v) is 24.3. The molecule has 2 aliphatic carbocycles. The standard InChI is InChI=1S/2C28H30N2O4/c2*1-2-3-4-5-6-7-9-18-12-14-22-20(16-18)21(28(34)30-22)17-24-19(13-15-26(32)33)27-23(29-24)10-8-11-25(27)31/h2*12,14,16-17,29H,2-6,8,10-11,13,15H2,1H3,(H,30,34)(H,32,33)/b21-17-;. The van der Waals surface area contributed by atoms with Crippen LogP contribution in [0.25, 0.3) is 23.3 Å². The molecule has 352 valence electrons. The number of nitrogens with one attached hydrogen (secondary N) is 4. The minimum Gasteiger partial charge on any atom is -0.481 e. The van der Waals surface area contributed by atoms with Crippen LogP contribution in [0.15, 0.2) is 36.4 Å². The molecule has 2 aromatic carbocycles. The highest BCUT2D eigenvalue weighted by atomic mass is 16.4. The Kier molecular flexibility index (Phi) is 16.5. The molecule has 4 heterocycles. The van der Waals surface area contributed by atoms with Crippen molar-refractivity contribution in [3.8, 4) is 23.7 Å². The fourth-order valence-electron chi connectivity index (χ4n) is 9.33. The number of benzene rings is 2. The van der Waals surface area contributed by atoms with E-state index in [0.717, 1.165) is 96.4 Å². The lowest BCUT2D eigenvalue weighted by Crippen LogP contribution is -2.11. The van der Waals surface area contributed by atoms with Gasteiger partial charge in [0.05, 0.1) is 11.1 Å². The van der Waals surface area contributed by atoms with Crippen molar-refractivity contribution >= 4 is 70.0 Å². The van der Waals surface area contributed by atoms with E-state index in [9.17, 15) is 39.0 Å². The zero-order valence-electron chi connectivity index (χ0n) is 39.1. The molecule has 68 heavy (non-hydrogen) atoms. The van der Waals surface area contributed by atoms with E-state index in [1.54, 1.807) is 12.2 Å². The number of carboxylic acid groups (broad SMARTS) is 2. The van der Waals surface area contributed by atoms with Gasteiger partial charge >= 0.3 is 11.9 Å². The van der Waals surface area contributed by atoms with Gasteiger partial charge in [-0.2, -0.15) is 0 Å². The van der Waals surface area contributed by atoms with Crippen LogP contribution in [0.1, 0.15) is 193 Å². The van der Waals surface area contributed by atoms with Crippen molar-refractivity contribution < 1.29 is 39.0 Å². The molecule has 0 bridgehead atoms. The van der Waals surface area contributed by atoms with Crippen LogP contribution in [0.2, 0.25) is 0 Å². The summed E-state index contributed by atoms with van der Waals surface area (Å²) >= 11 is 0. The number of hydrogen-bond donors (Lipinski definition) is 6. The summed E-state index contributed by atoms with van der Waals surface area (Å²) in [6.45, 7) is 4.37. The summed E-state index contributed by atoms with van der Waals surface area (Å²) in [7, 11) is 0. The Bertz CT molecular complexity index is 2640. The molecule has 12 nitrogen and oxygen atoms in total. The molecular weight excluding hydrogens is 857 g/mol. The Morgan fingerprint density at radius 1 is 0.588 bits per heavy atom.